The molecule has 0 aliphatic heterocycles. The average molecular weight is 324 g/mol. The van der Waals surface area contributed by atoms with Crippen LogP contribution in [0.15, 0.2) is 22.7 Å². The standard InChI is InChI=1S/C13H17BrF3N/c1-9-6-11(14)8-12(7-9)18-10(2)4-3-5-13(15,16)17/h6-8,10,18H,3-5H2,1-2H3. The smallest absolute Gasteiger partial charge is 0.383 e. The molecule has 1 nitrogen and oxygen atoms in total. The highest BCUT2D eigenvalue weighted by Gasteiger charge is 2.26. The lowest BCUT2D eigenvalue weighted by Gasteiger charge is -2.16. The predicted molar refractivity (Wildman–Crippen MR) is 71.9 cm³/mol. The molecule has 1 atom stereocenters. The zero-order valence-electron chi connectivity index (χ0n) is 10.4. The maximum atomic E-state index is 12.0. The molecule has 0 fully saturated rings. The first-order chi connectivity index (χ1) is 8.26. The zero-order chi connectivity index (χ0) is 13.8. The van der Waals surface area contributed by atoms with Gasteiger partial charge >= 0.3 is 6.18 Å². The molecular formula is C13H17BrF3N. The summed E-state index contributed by atoms with van der Waals surface area (Å²) in [4.78, 5) is 0. The Balaban J connectivity index is 2.42. The highest BCUT2D eigenvalue weighted by atomic mass is 79.9. The summed E-state index contributed by atoms with van der Waals surface area (Å²) in [7, 11) is 0. The average Bonchev–Trinajstić information content (AvgIpc) is 2.12. The number of aryl methyl sites for hydroxylation is 1. The lowest BCUT2D eigenvalue weighted by Crippen LogP contribution is -2.16. The largest absolute Gasteiger partial charge is 0.389 e. The summed E-state index contributed by atoms with van der Waals surface area (Å²) in [5.74, 6) is 0. The molecule has 0 aromatic heterocycles. The molecular weight excluding hydrogens is 307 g/mol. The molecule has 0 aliphatic carbocycles. The van der Waals surface area contributed by atoms with Crippen molar-refractivity contribution in [3.63, 3.8) is 0 Å². The Kier molecular flexibility index (Phi) is 5.50. The van der Waals surface area contributed by atoms with Crippen LogP contribution in [-0.4, -0.2) is 12.2 Å². The summed E-state index contributed by atoms with van der Waals surface area (Å²) in [5, 5.41) is 3.21. The molecule has 0 bridgehead atoms. The molecule has 0 spiro atoms. The maximum absolute atomic E-state index is 12.0. The Morgan fingerprint density at radius 1 is 1.28 bits per heavy atom. The molecule has 0 aliphatic rings. The van der Waals surface area contributed by atoms with Crippen LogP contribution in [0.2, 0.25) is 0 Å². The summed E-state index contributed by atoms with van der Waals surface area (Å²) in [6.07, 6.45) is -4.10. The first kappa shape index (κ1) is 15.3. The van der Waals surface area contributed by atoms with Crippen LogP contribution in [0.5, 0.6) is 0 Å². The predicted octanol–water partition coefficient (Wildman–Crippen LogP) is 5.29. The van der Waals surface area contributed by atoms with Gasteiger partial charge in [0.15, 0.2) is 0 Å². The molecule has 0 radical (unpaired) electrons. The number of nitrogens with one attached hydrogen (secondary N) is 1. The van der Waals surface area contributed by atoms with Crippen LogP contribution in [-0.2, 0) is 0 Å². The van der Waals surface area contributed by atoms with E-state index in [1.165, 1.54) is 0 Å². The van der Waals surface area contributed by atoms with Gasteiger partial charge < -0.3 is 5.32 Å². The Labute approximate surface area is 114 Å². The van der Waals surface area contributed by atoms with Gasteiger partial charge in [-0.25, -0.2) is 0 Å². The van der Waals surface area contributed by atoms with Crippen molar-refractivity contribution in [2.24, 2.45) is 0 Å². The van der Waals surface area contributed by atoms with Crippen LogP contribution in [0.25, 0.3) is 0 Å². The Morgan fingerprint density at radius 3 is 2.50 bits per heavy atom. The molecule has 5 heteroatoms. The number of hydrogen-bond acceptors (Lipinski definition) is 1. The third kappa shape index (κ3) is 6.28. The molecule has 18 heavy (non-hydrogen) atoms. The summed E-state index contributed by atoms with van der Waals surface area (Å²) in [5.41, 5.74) is 2.04. The number of halogens is 4. The van der Waals surface area contributed by atoms with Crippen LogP contribution >= 0.6 is 15.9 Å². The molecule has 0 heterocycles. The highest BCUT2D eigenvalue weighted by molar-refractivity contribution is 9.10. The summed E-state index contributed by atoms with van der Waals surface area (Å²) < 4.78 is 37.0. The van der Waals surface area contributed by atoms with Crippen molar-refractivity contribution in [3.8, 4) is 0 Å². The second-order valence-corrected chi connectivity index (χ2v) is 5.49. The minimum atomic E-state index is -4.05. The van der Waals surface area contributed by atoms with Crippen molar-refractivity contribution < 1.29 is 13.2 Å². The monoisotopic (exact) mass is 323 g/mol. The fraction of sp³-hybridized carbons (Fsp3) is 0.538. The summed E-state index contributed by atoms with van der Waals surface area (Å²) in [6.45, 7) is 3.87. The van der Waals surface area contributed by atoms with E-state index in [1.54, 1.807) is 0 Å². The quantitative estimate of drug-likeness (QED) is 0.776. The molecule has 1 unspecified atom stereocenters. The number of hydrogen-bond donors (Lipinski definition) is 1. The third-order valence-electron chi connectivity index (χ3n) is 2.55. The minimum absolute atomic E-state index is 0.0287. The molecule has 1 rings (SSSR count). The fourth-order valence-corrected chi connectivity index (χ4v) is 2.39. The van der Waals surface area contributed by atoms with Crippen molar-refractivity contribution >= 4 is 21.6 Å². The van der Waals surface area contributed by atoms with E-state index in [1.807, 2.05) is 32.0 Å². The van der Waals surface area contributed by atoms with Crippen LogP contribution in [0, 0.1) is 6.92 Å². The SMILES string of the molecule is Cc1cc(Br)cc(NC(C)CCCC(F)(F)F)c1. The maximum Gasteiger partial charge on any atom is 0.389 e. The minimum Gasteiger partial charge on any atom is -0.383 e. The first-order valence-electron chi connectivity index (χ1n) is 5.87. The van der Waals surface area contributed by atoms with Crippen molar-refractivity contribution in [1.29, 1.82) is 0 Å². The second-order valence-electron chi connectivity index (χ2n) is 4.57. The van der Waals surface area contributed by atoms with Gasteiger partial charge in [-0.1, -0.05) is 15.9 Å². The van der Waals surface area contributed by atoms with E-state index < -0.39 is 12.6 Å². The normalized spacial score (nSPS) is 13.4. The van der Waals surface area contributed by atoms with E-state index in [2.05, 4.69) is 21.2 Å². The van der Waals surface area contributed by atoms with E-state index in [0.29, 0.717) is 6.42 Å². The molecule has 102 valence electrons. The Hall–Kier alpha value is -0.710. The van der Waals surface area contributed by atoms with Crippen LogP contribution in [0.3, 0.4) is 0 Å². The van der Waals surface area contributed by atoms with E-state index in [-0.39, 0.29) is 12.5 Å². The number of alkyl halides is 3. The van der Waals surface area contributed by atoms with Gasteiger partial charge in [-0.05, 0) is 50.5 Å². The summed E-state index contributed by atoms with van der Waals surface area (Å²) in [6, 6.07) is 5.92. The molecule has 0 saturated carbocycles. The molecule has 1 aromatic carbocycles. The van der Waals surface area contributed by atoms with Crippen LogP contribution < -0.4 is 5.32 Å². The van der Waals surface area contributed by atoms with Gasteiger partial charge in [0.2, 0.25) is 0 Å². The van der Waals surface area contributed by atoms with Crippen molar-refractivity contribution in [3.05, 3.63) is 28.2 Å². The van der Waals surface area contributed by atoms with E-state index in [9.17, 15) is 13.2 Å². The van der Waals surface area contributed by atoms with Crippen molar-refractivity contribution in [2.45, 2.75) is 45.3 Å². The van der Waals surface area contributed by atoms with Crippen molar-refractivity contribution in [2.75, 3.05) is 5.32 Å². The Morgan fingerprint density at radius 2 is 1.94 bits per heavy atom. The van der Waals surface area contributed by atoms with Gasteiger partial charge in [-0.15, -0.1) is 0 Å². The number of rotatable bonds is 5. The number of anilines is 1. The molecule has 1 N–H and O–H groups in total. The first-order valence-corrected chi connectivity index (χ1v) is 6.66. The second kappa shape index (κ2) is 6.45. The number of benzene rings is 1. The van der Waals surface area contributed by atoms with E-state index in [0.717, 1.165) is 15.7 Å². The molecule has 1 aromatic rings. The zero-order valence-corrected chi connectivity index (χ0v) is 12.0. The third-order valence-corrected chi connectivity index (χ3v) is 3.01. The lowest BCUT2D eigenvalue weighted by atomic mass is 10.1. The lowest BCUT2D eigenvalue weighted by molar-refractivity contribution is -0.135. The van der Waals surface area contributed by atoms with Gasteiger partial charge in [0.1, 0.15) is 0 Å². The van der Waals surface area contributed by atoms with Gasteiger partial charge in [-0.2, -0.15) is 13.2 Å². The molecule has 0 saturated heterocycles. The van der Waals surface area contributed by atoms with Crippen molar-refractivity contribution in [1.82, 2.24) is 0 Å². The van der Waals surface area contributed by atoms with E-state index >= 15 is 0 Å². The summed E-state index contributed by atoms with van der Waals surface area (Å²) >= 11 is 3.39. The Bertz CT molecular complexity index is 370. The van der Waals surface area contributed by atoms with Crippen LogP contribution in [0.1, 0.15) is 31.7 Å². The van der Waals surface area contributed by atoms with Gasteiger partial charge in [0, 0.05) is 22.6 Å². The van der Waals surface area contributed by atoms with E-state index in [4.69, 9.17) is 0 Å². The van der Waals surface area contributed by atoms with Gasteiger partial charge in [0.25, 0.3) is 0 Å². The van der Waals surface area contributed by atoms with Crippen LogP contribution in [0.4, 0.5) is 18.9 Å². The molecule has 0 amide bonds. The topological polar surface area (TPSA) is 12.0 Å². The van der Waals surface area contributed by atoms with Gasteiger partial charge in [0.05, 0.1) is 0 Å². The fourth-order valence-electron chi connectivity index (χ4n) is 1.79. The van der Waals surface area contributed by atoms with Gasteiger partial charge in [-0.3, -0.25) is 0 Å². The highest BCUT2D eigenvalue weighted by Crippen LogP contribution is 2.24.